The summed E-state index contributed by atoms with van der Waals surface area (Å²) >= 11 is 10.2. The molecule has 0 aromatic heterocycles. The van der Waals surface area contributed by atoms with E-state index in [0.29, 0.717) is 62.2 Å². The molecule has 2 fully saturated rings. The Bertz CT molecular complexity index is 777. The highest BCUT2D eigenvalue weighted by Gasteiger charge is 2.33. The zero-order valence-electron chi connectivity index (χ0n) is 16.1. The number of nitrogens with zero attached hydrogens (tertiary/aromatic N) is 3. The van der Waals surface area contributed by atoms with Crippen LogP contribution in [-0.2, 0) is 4.74 Å². The number of carbonyl (C=O) groups is 1. The van der Waals surface area contributed by atoms with Crippen molar-refractivity contribution in [3.63, 3.8) is 0 Å². The van der Waals surface area contributed by atoms with Crippen LogP contribution >= 0.6 is 36.8 Å². The lowest BCUT2D eigenvalue weighted by Crippen LogP contribution is -2.50. The Labute approximate surface area is 186 Å². The normalized spacial score (nSPS) is 18.9. The monoisotopic (exact) mass is 461 g/mol. The number of piperazine rings is 1. The molecule has 2 aliphatic rings. The van der Waals surface area contributed by atoms with Crippen LogP contribution in [0.4, 0.5) is 20.6 Å². The highest BCUT2D eigenvalue weighted by Crippen LogP contribution is 2.28. The molecule has 0 spiro atoms. The van der Waals surface area contributed by atoms with E-state index in [2.05, 4.69) is 10.2 Å². The Morgan fingerprint density at radius 1 is 1.31 bits per heavy atom. The molecule has 0 bridgehead atoms. The van der Waals surface area contributed by atoms with Crippen molar-refractivity contribution in [3.8, 4) is 0 Å². The van der Waals surface area contributed by atoms with Crippen LogP contribution in [0, 0.1) is 5.82 Å². The summed E-state index contributed by atoms with van der Waals surface area (Å²) in [5.41, 5.74) is 6.59. The van der Waals surface area contributed by atoms with Crippen molar-refractivity contribution in [2.75, 3.05) is 55.6 Å². The van der Waals surface area contributed by atoms with Gasteiger partial charge in [-0.05, 0) is 25.1 Å². The number of nitrogens with two attached hydrogens (primary N) is 1. The first kappa shape index (κ1) is 23.5. The van der Waals surface area contributed by atoms with Gasteiger partial charge in [0.1, 0.15) is 11.9 Å². The van der Waals surface area contributed by atoms with Crippen molar-refractivity contribution in [1.82, 2.24) is 10.2 Å². The van der Waals surface area contributed by atoms with E-state index in [1.54, 1.807) is 19.1 Å². The minimum atomic E-state index is -0.482. The molecule has 2 heterocycles. The molecule has 160 valence electrons. The summed E-state index contributed by atoms with van der Waals surface area (Å²) in [4.78, 5) is 19.0. The number of benzene rings is 1. The van der Waals surface area contributed by atoms with Crippen LogP contribution in [0.2, 0.25) is 0 Å². The van der Waals surface area contributed by atoms with Gasteiger partial charge >= 0.3 is 6.09 Å². The molecule has 29 heavy (non-hydrogen) atoms. The first-order chi connectivity index (χ1) is 13.4. The van der Waals surface area contributed by atoms with Gasteiger partial charge in [-0.3, -0.25) is 4.90 Å². The number of hydrogen-bond donors (Lipinski definition) is 2. The summed E-state index contributed by atoms with van der Waals surface area (Å²) in [5, 5.41) is 2.99. The van der Waals surface area contributed by atoms with E-state index >= 15 is 0 Å². The summed E-state index contributed by atoms with van der Waals surface area (Å²) in [7, 11) is 0. The smallest absolute Gasteiger partial charge is 0.414 e. The highest BCUT2D eigenvalue weighted by atomic mass is 35.5. The van der Waals surface area contributed by atoms with E-state index in [-0.39, 0.29) is 24.3 Å². The highest BCUT2D eigenvalue weighted by molar-refractivity contribution is 7.80. The van der Waals surface area contributed by atoms with E-state index in [1.165, 1.54) is 11.0 Å². The van der Waals surface area contributed by atoms with Crippen molar-refractivity contribution in [3.05, 3.63) is 24.0 Å². The summed E-state index contributed by atoms with van der Waals surface area (Å²) in [6.07, 6.45) is -0.808. The van der Waals surface area contributed by atoms with Crippen LogP contribution in [0.1, 0.15) is 6.92 Å². The lowest BCUT2D eigenvalue weighted by atomic mass is 10.2. The fraction of sp³-hybridized carbons (Fsp3) is 0.500. The van der Waals surface area contributed by atoms with Gasteiger partial charge in [0.05, 0.1) is 34.4 Å². The third-order valence-electron chi connectivity index (χ3n) is 4.84. The van der Waals surface area contributed by atoms with Gasteiger partial charge < -0.3 is 25.6 Å². The Morgan fingerprint density at radius 2 is 2.00 bits per heavy atom. The van der Waals surface area contributed by atoms with Gasteiger partial charge in [-0.2, -0.15) is 0 Å². The quantitative estimate of drug-likeness (QED) is 0.644. The van der Waals surface area contributed by atoms with Crippen LogP contribution in [-0.4, -0.2) is 72.9 Å². The average Bonchev–Trinajstić information content (AvgIpc) is 3.06. The number of nitrogens with one attached hydrogen (secondary N) is 1. The average molecular weight is 462 g/mol. The lowest BCUT2D eigenvalue weighted by Gasteiger charge is -2.37. The number of halogens is 2. The Balaban J connectivity index is 0.00000300. The molecule has 11 heteroatoms. The van der Waals surface area contributed by atoms with E-state index in [4.69, 9.17) is 34.9 Å². The van der Waals surface area contributed by atoms with E-state index in [0.717, 1.165) is 4.99 Å². The number of anilines is 2. The van der Waals surface area contributed by atoms with E-state index in [9.17, 15) is 9.18 Å². The maximum absolute atomic E-state index is 14.8. The summed E-state index contributed by atoms with van der Waals surface area (Å²) in [6.45, 7) is 5.65. The molecule has 2 aliphatic heterocycles. The molecule has 3 N–H and O–H groups in total. The molecule has 3 rings (SSSR count). The molecular formula is C18H25ClFN5O2S2. The van der Waals surface area contributed by atoms with Gasteiger partial charge in [-0.1, -0.05) is 24.4 Å². The van der Waals surface area contributed by atoms with Crippen molar-refractivity contribution in [2.45, 2.75) is 13.0 Å². The number of rotatable bonds is 5. The zero-order chi connectivity index (χ0) is 20.3. The number of thiocarbonyl (C=S) groups is 2. The fourth-order valence-electron chi connectivity index (χ4n) is 3.34. The lowest BCUT2D eigenvalue weighted by molar-refractivity contribution is 0.143. The van der Waals surface area contributed by atoms with Crippen molar-refractivity contribution < 1.29 is 13.9 Å². The third kappa shape index (κ3) is 5.65. The molecule has 1 aromatic carbocycles. The molecule has 1 amide bonds. The van der Waals surface area contributed by atoms with E-state index in [1.807, 2.05) is 4.90 Å². The molecule has 1 aromatic rings. The Morgan fingerprint density at radius 3 is 2.59 bits per heavy atom. The first-order valence-corrected chi connectivity index (χ1v) is 9.95. The van der Waals surface area contributed by atoms with Crippen molar-refractivity contribution in [1.29, 1.82) is 0 Å². The van der Waals surface area contributed by atoms with E-state index < -0.39 is 6.09 Å². The molecule has 0 saturated carbocycles. The number of hydrogen-bond acceptors (Lipinski definition) is 6. The molecule has 0 unspecified atom stereocenters. The minimum Gasteiger partial charge on any atom is -0.442 e. The SMILES string of the molecule is CC(=S)NC[C@H]1CN(c2ccc(N3CCN(C(=S)CN)CC3)c(F)c2)C(=O)O1.Cl. The Hall–Kier alpha value is -1.75. The second kappa shape index (κ2) is 10.3. The Kier molecular flexibility index (Phi) is 8.38. The maximum Gasteiger partial charge on any atom is 0.414 e. The second-order valence-corrected chi connectivity index (χ2v) is 7.84. The van der Waals surface area contributed by atoms with Crippen LogP contribution < -0.4 is 20.9 Å². The van der Waals surface area contributed by atoms with Gasteiger partial charge in [-0.15, -0.1) is 12.4 Å². The third-order valence-corrected chi connectivity index (χ3v) is 5.41. The summed E-state index contributed by atoms with van der Waals surface area (Å²) in [5.74, 6) is -0.364. The van der Waals surface area contributed by atoms with Crippen molar-refractivity contribution >= 4 is 64.3 Å². The zero-order valence-corrected chi connectivity index (χ0v) is 18.5. The predicted octanol–water partition coefficient (Wildman–Crippen LogP) is 1.92. The largest absolute Gasteiger partial charge is 0.442 e. The van der Waals surface area contributed by atoms with Gasteiger partial charge in [0, 0.05) is 32.7 Å². The first-order valence-electron chi connectivity index (χ1n) is 9.14. The molecule has 0 aliphatic carbocycles. The van der Waals surface area contributed by atoms with Crippen LogP contribution in [0.3, 0.4) is 0 Å². The molecule has 1 atom stereocenters. The van der Waals surface area contributed by atoms with Crippen LogP contribution in [0.15, 0.2) is 18.2 Å². The van der Waals surface area contributed by atoms with Crippen LogP contribution in [0.25, 0.3) is 0 Å². The number of ether oxygens (including phenoxy) is 1. The van der Waals surface area contributed by atoms with Gasteiger partial charge in [0.2, 0.25) is 0 Å². The van der Waals surface area contributed by atoms with Gasteiger partial charge in [0.25, 0.3) is 0 Å². The number of carbonyl (C=O) groups excluding carboxylic acids is 1. The van der Waals surface area contributed by atoms with Crippen LogP contribution in [0.5, 0.6) is 0 Å². The molecule has 7 nitrogen and oxygen atoms in total. The van der Waals surface area contributed by atoms with Gasteiger partial charge in [-0.25, -0.2) is 9.18 Å². The summed E-state index contributed by atoms with van der Waals surface area (Å²) < 4.78 is 20.1. The topological polar surface area (TPSA) is 74.1 Å². The van der Waals surface area contributed by atoms with Crippen molar-refractivity contribution in [2.24, 2.45) is 5.73 Å². The number of cyclic esters (lactones) is 1. The molecular weight excluding hydrogens is 437 g/mol. The van der Waals surface area contributed by atoms with Gasteiger partial charge in [0.15, 0.2) is 0 Å². The number of amides is 1. The standard InChI is InChI=1S/C18H24FN5O2S2.ClH/c1-12(27)21-10-14-11-24(18(25)26-14)13-2-3-16(15(19)8-13)22-4-6-23(7-5-22)17(28)9-20;/h2-3,8,14H,4-7,9-11,20H2,1H3,(H,21,27);1H/t14-;/m0./s1. The molecule has 2 saturated heterocycles. The maximum atomic E-state index is 14.8. The summed E-state index contributed by atoms with van der Waals surface area (Å²) in [6, 6.07) is 4.84. The minimum absolute atomic E-state index is 0. The fourth-order valence-corrected chi connectivity index (χ4v) is 3.61. The molecule has 0 radical (unpaired) electrons. The predicted molar refractivity (Wildman–Crippen MR) is 123 cm³/mol. The second-order valence-electron chi connectivity index (χ2n) is 6.76.